The minimum absolute atomic E-state index is 0.0608. The van der Waals surface area contributed by atoms with E-state index in [-0.39, 0.29) is 5.75 Å². The number of phenols is 1. The normalized spacial score (nSPS) is 15.4. The minimum atomic E-state index is -9.60. The lowest BCUT2D eigenvalue weighted by Gasteiger charge is -2.40. The van der Waals surface area contributed by atoms with Crippen molar-refractivity contribution in [2.45, 2.75) is 14.7 Å². The van der Waals surface area contributed by atoms with Crippen LogP contribution in [0, 0.1) is 0 Å². The molecule has 0 saturated carbocycles. The average molecular weight is 328 g/mol. The third kappa shape index (κ3) is 3.80. The van der Waals surface area contributed by atoms with Crippen LogP contribution in [0.1, 0.15) is 0 Å². The Morgan fingerprint density at radius 2 is 1.10 bits per heavy atom. The van der Waals surface area contributed by atoms with Gasteiger partial charge in [-0.2, -0.15) is 0 Å². The first-order valence-corrected chi connectivity index (χ1v) is 8.02. The molecule has 0 aromatic heterocycles. The lowest BCUT2D eigenvalue weighted by molar-refractivity contribution is 0.364. The van der Waals surface area contributed by atoms with Crippen molar-refractivity contribution >= 4 is 22.0 Å². The molecule has 0 aliphatic heterocycles. The van der Waals surface area contributed by atoms with Gasteiger partial charge in [-0.15, -0.1) is 0 Å². The number of benzene rings is 2. The Balaban J connectivity index is 2.24. The maximum absolute atomic E-state index is 12.5. The molecule has 110 valence electrons. The topological polar surface area (TPSA) is 20.2 Å². The first kappa shape index (κ1) is 15.0. The van der Waals surface area contributed by atoms with E-state index in [0.29, 0.717) is 21.9 Å². The highest BCUT2D eigenvalue weighted by atomic mass is 32.5. The molecule has 0 atom stereocenters. The summed E-state index contributed by atoms with van der Waals surface area (Å²) in [6, 6.07) is 8.72. The fraction of sp³-hybridized carbons (Fsp3) is 0. The summed E-state index contributed by atoms with van der Waals surface area (Å²) in [4.78, 5) is -0.843. The van der Waals surface area contributed by atoms with Crippen LogP contribution in [0.15, 0.2) is 63.2 Å². The van der Waals surface area contributed by atoms with E-state index < -0.39 is 15.1 Å². The van der Waals surface area contributed by atoms with Gasteiger partial charge in [0.05, 0.1) is 0 Å². The van der Waals surface area contributed by atoms with Crippen LogP contribution in [-0.2, 0) is 0 Å². The monoisotopic (exact) mass is 328 g/mol. The molecule has 0 aliphatic carbocycles. The molecule has 2 rings (SSSR count). The first-order chi connectivity index (χ1) is 8.94. The van der Waals surface area contributed by atoms with Gasteiger partial charge < -0.3 is 5.11 Å². The highest BCUT2D eigenvalue weighted by Gasteiger charge is 2.65. The Bertz CT molecular complexity index is 620. The molecule has 1 N–H and O–H groups in total. The molecule has 0 fully saturated rings. The maximum atomic E-state index is 12.5. The molecule has 0 bridgehead atoms. The molecule has 0 aliphatic rings. The van der Waals surface area contributed by atoms with Gasteiger partial charge in [0.2, 0.25) is 0 Å². The standard InChI is InChI=1S/C12H9F5OS2/c13-20(14,15,16,17)12-7-5-11(6-8-12)19-10-3-1-9(18)2-4-10/h1-8,18H. The van der Waals surface area contributed by atoms with Crippen molar-refractivity contribution < 1.29 is 24.5 Å². The molecular formula is C12H9F5OS2. The molecule has 0 spiro atoms. The van der Waals surface area contributed by atoms with E-state index in [0.717, 1.165) is 23.9 Å². The van der Waals surface area contributed by atoms with Crippen LogP contribution in [0.4, 0.5) is 19.4 Å². The van der Waals surface area contributed by atoms with E-state index >= 15 is 0 Å². The first-order valence-electron chi connectivity index (χ1n) is 5.25. The van der Waals surface area contributed by atoms with Crippen molar-refractivity contribution in [2.75, 3.05) is 0 Å². The molecule has 20 heavy (non-hydrogen) atoms. The van der Waals surface area contributed by atoms with Crippen molar-refractivity contribution in [3.05, 3.63) is 48.5 Å². The van der Waals surface area contributed by atoms with Gasteiger partial charge in [0.15, 0.2) is 0 Å². The number of aromatic hydroxyl groups is 1. The van der Waals surface area contributed by atoms with Gasteiger partial charge in [-0.25, -0.2) is 0 Å². The number of hydrogen-bond donors (Lipinski definition) is 1. The predicted molar refractivity (Wildman–Crippen MR) is 70.1 cm³/mol. The minimum Gasteiger partial charge on any atom is -0.508 e. The molecular weight excluding hydrogens is 319 g/mol. The Hall–Kier alpha value is -1.41. The van der Waals surface area contributed by atoms with E-state index in [1.165, 1.54) is 12.1 Å². The summed E-state index contributed by atoms with van der Waals surface area (Å²) in [6.07, 6.45) is 0. The van der Waals surface area contributed by atoms with Gasteiger partial charge in [0.1, 0.15) is 10.6 Å². The Kier molecular flexibility index (Phi) is 3.03. The van der Waals surface area contributed by atoms with Gasteiger partial charge in [0.25, 0.3) is 0 Å². The van der Waals surface area contributed by atoms with E-state index in [4.69, 9.17) is 5.11 Å². The molecule has 0 saturated heterocycles. The van der Waals surface area contributed by atoms with Crippen LogP contribution in [0.3, 0.4) is 0 Å². The van der Waals surface area contributed by atoms with Gasteiger partial charge in [-0.3, -0.25) is 0 Å². The molecule has 2 aromatic rings. The maximum Gasteiger partial charge on any atom is 0.310 e. The molecule has 2 aromatic carbocycles. The summed E-state index contributed by atoms with van der Waals surface area (Å²) in [5, 5.41) is 9.09. The summed E-state index contributed by atoms with van der Waals surface area (Å²) >= 11 is 1.10. The molecule has 8 heteroatoms. The van der Waals surface area contributed by atoms with Crippen LogP contribution < -0.4 is 0 Å². The average Bonchev–Trinajstić information content (AvgIpc) is 2.30. The van der Waals surface area contributed by atoms with Crippen LogP contribution in [0.5, 0.6) is 5.75 Å². The fourth-order valence-electron chi connectivity index (χ4n) is 1.42. The molecule has 1 nitrogen and oxygen atoms in total. The lowest BCUT2D eigenvalue weighted by atomic mass is 10.3. The third-order valence-electron chi connectivity index (χ3n) is 2.34. The van der Waals surface area contributed by atoms with Gasteiger partial charge in [-0.1, -0.05) is 31.2 Å². The molecule has 0 heterocycles. The zero-order chi connectivity index (χ0) is 15.1. The second-order valence-corrected chi connectivity index (χ2v) is 7.59. The largest absolute Gasteiger partial charge is 0.508 e. The van der Waals surface area contributed by atoms with E-state index in [2.05, 4.69) is 0 Å². The number of rotatable bonds is 3. The van der Waals surface area contributed by atoms with Crippen molar-refractivity contribution in [1.29, 1.82) is 0 Å². The SMILES string of the molecule is Oc1ccc(Sc2ccc(S(F)(F)(F)(F)F)cc2)cc1. The van der Waals surface area contributed by atoms with Gasteiger partial charge in [0, 0.05) is 9.79 Å². The van der Waals surface area contributed by atoms with Crippen molar-refractivity contribution in [2.24, 2.45) is 0 Å². The third-order valence-corrected chi connectivity index (χ3v) is 4.52. The van der Waals surface area contributed by atoms with E-state index in [1.54, 1.807) is 12.1 Å². The van der Waals surface area contributed by atoms with Crippen LogP contribution in [0.25, 0.3) is 0 Å². The number of hydrogen-bond acceptors (Lipinski definition) is 2. The Labute approximate surface area is 116 Å². The lowest BCUT2D eigenvalue weighted by Crippen LogP contribution is -2.05. The molecule has 0 radical (unpaired) electrons. The summed E-state index contributed by atoms with van der Waals surface area (Å²) in [6.45, 7) is 0. The van der Waals surface area contributed by atoms with Crippen molar-refractivity contribution in [3.63, 3.8) is 0 Å². The Morgan fingerprint density at radius 3 is 1.50 bits per heavy atom. The number of phenolic OH excluding ortho intramolecular Hbond substituents is 1. The van der Waals surface area contributed by atoms with Crippen molar-refractivity contribution in [1.82, 2.24) is 0 Å². The smallest absolute Gasteiger partial charge is 0.310 e. The van der Waals surface area contributed by atoms with Gasteiger partial charge in [-0.05, 0) is 48.5 Å². The highest BCUT2D eigenvalue weighted by molar-refractivity contribution is 8.45. The van der Waals surface area contributed by atoms with E-state index in [9.17, 15) is 19.4 Å². The Morgan fingerprint density at radius 1 is 0.700 bits per heavy atom. The quantitative estimate of drug-likeness (QED) is 0.677. The fourth-order valence-corrected chi connectivity index (χ4v) is 2.88. The molecule has 0 amide bonds. The van der Waals surface area contributed by atoms with Crippen molar-refractivity contribution in [3.8, 4) is 5.75 Å². The second-order valence-electron chi connectivity index (χ2n) is 4.04. The van der Waals surface area contributed by atoms with Crippen LogP contribution in [0.2, 0.25) is 0 Å². The van der Waals surface area contributed by atoms with Gasteiger partial charge >= 0.3 is 10.2 Å². The highest BCUT2D eigenvalue weighted by Crippen LogP contribution is 3.02. The summed E-state index contributed by atoms with van der Waals surface area (Å²) in [5.74, 6) is 0.0608. The summed E-state index contributed by atoms with van der Waals surface area (Å²) < 4.78 is 62.6. The summed E-state index contributed by atoms with van der Waals surface area (Å²) in [5.41, 5.74) is 0. The summed E-state index contributed by atoms with van der Waals surface area (Å²) in [7, 11) is -9.60. The predicted octanol–water partition coefficient (Wildman–Crippen LogP) is 6.20. The zero-order valence-corrected chi connectivity index (χ0v) is 11.4. The molecule has 0 unspecified atom stereocenters. The van der Waals surface area contributed by atoms with Crippen LogP contribution in [-0.4, -0.2) is 5.11 Å². The zero-order valence-electron chi connectivity index (χ0n) is 9.77. The second kappa shape index (κ2) is 4.05. The number of halogens is 5. The van der Waals surface area contributed by atoms with Crippen LogP contribution >= 0.6 is 22.0 Å². The van der Waals surface area contributed by atoms with E-state index in [1.807, 2.05) is 0 Å².